The van der Waals surface area contributed by atoms with E-state index in [1.807, 2.05) is 6.07 Å². The number of primary amides is 1. The van der Waals surface area contributed by atoms with Gasteiger partial charge in [-0.25, -0.2) is 4.79 Å². The average Bonchev–Trinajstić information content (AvgIpc) is 3.04. The fourth-order valence-electron chi connectivity index (χ4n) is 3.05. The van der Waals surface area contributed by atoms with E-state index in [4.69, 9.17) is 22.1 Å². The molecule has 7 nitrogen and oxygen atoms in total. The molecule has 3 amide bonds. The quantitative estimate of drug-likeness (QED) is 0.702. The molecule has 0 saturated heterocycles. The first kappa shape index (κ1) is 20.9. The van der Waals surface area contributed by atoms with Crippen molar-refractivity contribution in [3.8, 4) is 0 Å². The van der Waals surface area contributed by atoms with Gasteiger partial charge in [-0.2, -0.15) is 0 Å². The van der Waals surface area contributed by atoms with Gasteiger partial charge in [-0.15, -0.1) is 11.3 Å². The van der Waals surface area contributed by atoms with Crippen LogP contribution in [0, 0.1) is 0 Å². The molecule has 0 radical (unpaired) electrons. The minimum absolute atomic E-state index is 0.290. The number of hydrogen-bond donors (Lipinski definition) is 2. The van der Waals surface area contributed by atoms with Crippen molar-refractivity contribution >= 4 is 51.9 Å². The Labute approximate surface area is 177 Å². The number of nitrogens with one attached hydrogen (secondary N) is 1. The van der Waals surface area contributed by atoms with Gasteiger partial charge in [0.2, 0.25) is 5.91 Å². The smallest absolute Gasteiger partial charge is 0.410 e. The number of ether oxygens (including phenoxy) is 1. The van der Waals surface area contributed by atoms with Crippen molar-refractivity contribution in [1.82, 2.24) is 4.90 Å². The molecule has 2 aromatic rings. The molecular formula is C20H20ClN3O4S. The Balaban J connectivity index is 1.79. The lowest BCUT2D eigenvalue weighted by Gasteiger charge is -2.26. The fraction of sp³-hybridized carbons (Fsp3) is 0.250. The zero-order valence-electron chi connectivity index (χ0n) is 15.7. The second kappa shape index (κ2) is 9.11. The molecule has 3 N–H and O–H groups in total. The zero-order chi connectivity index (χ0) is 21.0. The van der Waals surface area contributed by atoms with E-state index < -0.39 is 17.9 Å². The summed E-state index contributed by atoms with van der Waals surface area (Å²) in [5, 5.41) is 3.63. The van der Waals surface area contributed by atoms with Crippen molar-refractivity contribution in [2.24, 2.45) is 5.73 Å². The van der Waals surface area contributed by atoms with Gasteiger partial charge < -0.3 is 20.7 Å². The minimum atomic E-state index is -0.613. The number of anilines is 1. The van der Waals surface area contributed by atoms with Gasteiger partial charge in [-0.1, -0.05) is 29.8 Å². The second-order valence-electron chi connectivity index (χ2n) is 6.29. The number of amides is 3. The molecule has 3 rings (SSSR count). The number of rotatable bonds is 5. The first-order valence-electron chi connectivity index (χ1n) is 9.00. The third-order valence-electron chi connectivity index (χ3n) is 4.39. The summed E-state index contributed by atoms with van der Waals surface area (Å²) in [5.41, 5.74) is 7.34. The zero-order valence-corrected chi connectivity index (χ0v) is 17.3. The maximum Gasteiger partial charge on any atom is 0.410 e. The van der Waals surface area contributed by atoms with E-state index in [1.54, 1.807) is 36.1 Å². The summed E-state index contributed by atoms with van der Waals surface area (Å²) in [6.45, 7) is 2.76. The molecule has 1 aromatic heterocycles. The summed E-state index contributed by atoms with van der Waals surface area (Å²) >= 11 is 7.32. The first-order chi connectivity index (χ1) is 13.9. The number of benzene rings is 1. The number of nitrogens with zero attached hydrogens (tertiary/aromatic N) is 1. The highest BCUT2D eigenvalue weighted by Gasteiger charge is 2.29. The van der Waals surface area contributed by atoms with E-state index in [0.29, 0.717) is 40.7 Å². The molecule has 1 aromatic carbocycles. The number of halogens is 1. The molecule has 0 unspecified atom stereocenters. The Morgan fingerprint density at radius 2 is 2.10 bits per heavy atom. The lowest BCUT2D eigenvalue weighted by atomic mass is 10.0. The van der Waals surface area contributed by atoms with Crippen molar-refractivity contribution in [2.45, 2.75) is 19.9 Å². The number of carbonyl (C=O) groups is 3. The fourth-order valence-corrected chi connectivity index (χ4v) is 4.52. The molecule has 0 bridgehead atoms. The van der Waals surface area contributed by atoms with Crippen LogP contribution < -0.4 is 11.1 Å². The maximum atomic E-state index is 12.4. The van der Waals surface area contributed by atoms with Crippen LogP contribution in [-0.4, -0.2) is 36.0 Å². The van der Waals surface area contributed by atoms with Gasteiger partial charge in [0.05, 0.1) is 18.7 Å². The Kier molecular flexibility index (Phi) is 6.56. The Morgan fingerprint density at radius 3 is 2.79 bits per heavy atom. The van der Waals surface area contributed by atoms with Crippen LogP contribution in [0.25, 0.3) is 6.08 Å². The van der Waals surface area contributed by atoms with Gasteiger partial charge >= 0.3 is 6.09 Å². The largest absolute Gasteiger partial charge is 0.450 e. The molecule has 2 heterocycles. The van der Waals surface area contributed by atoms with Gasteiger partial charge in [-0.3, -0.25) is 9.59 Å². The highest BCUT2D eigenvalue weighted by molar-refractivity contribution is 7.17. The predicted octanol–water partition coefficient (Wildman–Crippen LogP) is 3.67. The molecule has 1 aliphatic rings. The Morgan fingerprint density at radius 1 is 1.34 bits per heavy atom. The van der Waals surface area contributed by atoms with Crippen LogP contribution in [0.4, 0.5) is 9.80 Å². The average molecular weight is 434 g/mol. The van der Waals surface area contributed by atoms with E-state index in [-0.39, 0.29) is 6.61 Å². The number of fused-ring (bicyclic) bond motifs is 1. The monoisotopic (exact) mass is 433 g/mol. The van der Waals surface area contributed by atoms with E-state index >= 15 is 0 Å². The van der Waals surface area contributed by atoms with Crippen LogP contribution in [-0.2, 0) is 22.5 Å². The number of hydrogen-bond acceptors (Lipinski definition) is 5. The van der Waals surface area contributed by atoms with E-state index in [1.165, 1.54) is 17.4 Å². The number of nitrogens with two attached hydrogens (primary N) is 1. The highest BCUT2D eigenvalue weighted by Crippen LogP contribution is 2.37. The third kappa shape index (κ3) is 4.78. The predicted molar refractivity (Wildman–Crippen MR) is 113 cm³/mol. The lowest BCUT2D eigenvalue weighted by molar-refractivity contribution is -0.111. The van der Waals surface area contributed by atoms with Crippen LogP contribution in [0.2, 0.25) is 5.02 Å². The summed E-state index contributed by atoms with van der Waals surface area (Å²) in [6.07, 6.45) is 3.00. The van der Waals surface area contributed by atoms with Crippen molar-refractivity contribution in [1.29, 1.82) is 0 Å². The topological polar surface area (TPSA) is 102 Å². The molecule has 1 aliphatic heterocycles. The molecule has 29 heavy (non-hydrogen) atoms. The van der Waals surface area contributed by atoms with Crippen molar-refractivity contribution in [2.75, 3.05) is 18.5 Å². The van der Waals surface area contributed by atoms with Crippen LogP contribution >= 0.6 is 22.9 Å². The van der Waals surface area contributed by atoms with Crippen molar-refractivity contribution in [3.05, 3.63) is 56.9 Å². The standard InChI is InChI=1S/C20H20ClN3O4S/c1-2-28-20(27)24-10-9-13-15(11-24)29-19(17(13)18(22)26)23-16(25)8-7-12-5-3-4-6-14(12)21/h3-8H,2,9-11H2,1H3,(H2,22,26)(H,23,25). The van der Waals surface area contributed by atoms with Crippen LogP contribution in [0.5, 0.6) is 0 Å². The number of thiophene rings is 1. The maximum absolute atomic E-state index is 12.4. The van der Waals surface area contributed by atoms with Crippen LogP contribution in [0.1, 0.15) is 33.3 Å². The van der Waals surface area contributed by atoms with Gasteiger partial charge in [-0.05, 0) is 36.6 Å². The van der Waals surface area contributed by atoms with Crippen molar-refractivity contribution < 1.29 is 19.1 Å². The van der Waals surface area contributed by atoms with Crippen LogP contribution in [0.15, 0.2) is 30.3 Å². The summed E-state index contributed by atoms with van der Waals surface area (Å²) in [4.78, 5) is 38.7. The Hall–Kier alpha value is -2.84. The SMILES string of the molecule is CCOC(=O)N1CCc2c(sc(NC(=O)C=Cc3ccccc3Cl)c2C(N)=O)C1. The molecule has 9 heteroatoms. The molecule has 0 aliphatic carbocycles. The Bertz CT molecular complexity index is 986. The molecule has 0 saturated carbocycles. The second-order valence-corrected chi connectivity index (χ2v) is 7.80. The van der Waals surface area contributed by atoms with E-state index in [2.05, 4.69) is 5.32 Å². The molecule has 0 spiro atoms. The summed E-state index contributed by atoms with van der Waals surface area (Å²) < 4.78 is 5.04. The van der Waals surface area contributed by atoms with Gasteiger partial charge in [0.1, 0.15) is 5.00 Å². The summed E-state index contributed by atoms with van der Waals surface area (Å²) in [7, 11) is 0. The van der Waals surface area contributed by atoms with Gasteiger partial charge in [0, 0.05) is 22.5 Å². The molecule has 0 fully saturated rings. The van der Waals surface area contributed by atoms with Crippen molar-refractivity contribution in [3.63, 3.8) is 0 Å². The van der Waals surface area contributed by atoms with Gasteiger partial charge in [0.15, 0.2) is 0 Å². The van der Waals surface area contributed by atoms with Gasteiger partial charge in [0.25, 0.3) is 5.91 Å². The molecular weight excluding hydrogens is 414 g/mol. The van der Waals surface area contributed by atoms with E-state index in [0.717, 1.165) is 10.4 Å². The van der Waals surface area contributed by atoms with E-state index in [9.17, 15) is 14.4 Å². The third-order valence-corrected chi connectivity index (χ3v) is 5.86. The minimum Gasteiger partial charge on any atom is -0.450 e. The molecule has 152 valence electrons. The molecule has 0 atom stereocenters. The lowest BCUT2D eigenvalue weighted by Crippen LogP contribution is -2.36. The summed E-state index contributed by atoms with van der Waals surface area (Å²) in [6, 6.07) is 7.13. The van der Waals surface area contributed by atoms with Crippen LogP contribution in [0.3, 0.4) is 0 Å². The first-order valence-corrected chi connectivity index (χ1v) is 10.2. The normalized spacial score (nSPS) is 13.2. The number of carbonyl (C=O) groups excluding carboxylic acids is 3. The highest BCUT2D eigenvalue weighted by atomic mass is 35.5. The summed E-state index contributed by atoms with van der Waals surface area (Å²) in [5.74, 6) is -1.02.